The Hall–Kier alpha value is -2.81. The van der Waals surface area contributed by atoms with E-state index < -0.39 is 12.3 Å². The van der Waals surface area contributed by atoms with Gasteiger partial charge in [-0.2, -0.15) is 0 Å². The number of nitrogens with one attached hydrogen (secondary N) is 1. The van der Waals surface area contributed by atoms with Crippen LogP contribution < -0.4 is 15.0 Å². The topological polar surface area (TPSA) is 57.7 Å². The number of rotatable bonds is 4. The lowest BCUT2D eigenvalue weighted by atomic mass is 10.2. The van der Waals surface area contributed by atoms with Gasteiger partial charge >= 0.3 is 6.36 Å². The molecule has 2 heterocycles. The molecule has 1 amide bonds. The number of pyridine rings is 1. The lowest BCUT2D eigenvalue weighted by Crippen LogP contribution is -2.44. The van der Waals surface area contributed by atoms with Crippen molar-refractivity contribution in [2.24, 2.45) is 0 Å². The fraction of sp³-hybridized carbons (Fsp3) is 0.333. The molecule has 3 rings (SSSR count). The maximum absolute atomic E-state index is 12.2. The van der Waals surface area contributed by atoms with Gasteiger partial charge in [-0.05, 0) is 43.4 Å². The summed E-state index contributed by atoms with van der Waals surface area (Å²) in [6.07, 6.45) is -3.20. The van der Waals surface area contributed by atoms with E-state index in [9.17, 15) is 18.0 Å². The van der Waals surface area contributed by atoms with Crippen LogP contribution in [0.1, 0.15) is 10.4 Å². The van der Waals surface area contributed by atoms with Crippen molar-refractivity contribution in [2.75, 3.05) is 43.4 Å². The van der Waals surface area contributed by atoms with E-state index in [1.54, 1.807) is 12.3 Å². The molecule has 144 valence electrons. The van der Waals surface area contributed by atoms with Gasteiger partial charge in [0.2, 0.25) is 0 Å². The van der Waals surface area contributed by atoms with Crippen molar-refractivity contribution in [3.63, 3.8) is 0 Å². The van der Waals surface area contributed by atoms with Crippen LogP contribution in [0.4, 0.5) is 24.7 Å². The molecule has 0 atom stereocenters. The van der Waals surface area contributed by atoms with E-state index in [-0.39, 0.29) is 11.3 Å². The standard InChI is InChI=1S/C18H19F3N4O2/c1-24-8-10-25(11-9-24)16-7-4-14(12-22-16)23-17(26)13-2-5-15(6-3-13)27-18(19,20)21/h2-7,12H,8-11H2,1H3,(H,23,26). The van der Waals surface area contributed by atoms with Gasteiger partial charge in [0, 0.05) is 31.7 Å². The minimum Gasteiger partial charge on any atom is -0.406 e. The molecule has 9 heteroatoms. The zero-order valence-electron chi connectivity index (χ0n) is 14.7. The number of amides is 1. The highest BCUT2D eigenvalue weighted by Crippen LogP contribution is 2.23. The van der Waals surface area contributed by atoms with Crippen molar-refractivity contribution >= 4 is 17.4 Å². The Morgan fingerprint density at radius 1 is 1.07 bits per heavy atom. The summed E-state index contributed by atoms with van der Waals surface area (Å²) >= 11 is 0. The molecule has 2 aromatic rings. The molecule has 0 radical (unpaired) electrons. The van der Waals surface area contributed by atoms with Gasteiger partial charge in [0.25, 0.3) is 5.91 Å². The van der Waals surface area contributed by atoms with Gasteiger partial charge in [-0.3, -0.25) is 4.79 Å². The molecule has 0 unspecified atom stereocenters. The predicted molar refractivity (Wildman–Crippen MR) is 95.0 cm³/mol. The average Bonchev–Trinajstić information content (AvgIpc) is 2.62. The van der Waals surface area contributed by atoms with Crippen molar-refractivity contribution < 1.29 is 22.7 Å². The van der Waals surface area contributed by atoms with Crippen LogP contribution in [-0.2, 0) is 0 Å². The summed E-state index contributed by atoms with van der Waals surface area (Å²) in [6.45, 7) is 3.71. The number of carbonyl (C=O) groups is 1. The van der Waals surface area contributed by atoms with E-state index in [4.69, 9.17) is 0 Å². The second-order valence-electron chi connectivity index (χ2n) is 6.22. The summed E-state index contributed by atoms with van der Waals surface area (Å²) in [6, 6.07) is 8.31. The highest BCUT2D eigenvalue weighted by Gasteiger charge is 2.31. The van der Waals surface area contributed by atoms with Gasteiger partial charge < -0.3 is 19.9 Å². The maximum atomic E-state index is 12.2. The number of halogens is 3. The number of likely N-dealkylation sites (N-methyl/N-ethyl adjacent to an activating group) is 1. The van der Waals surface area contributed by atoms with Crippen LogP contribution in [0.15, 0.2) is 42.6 Å². The molecule has 6 nitrogen and oxygen atoms in total. The highest BCUT2D eigenvalue weighted by atomic mass is 19.4. The number of alkyl halides is 3. The van der Waals surface area contributed by atoms with Crippen LogP contribution >= 0.6 is 0 Å². The first-order valence-corrected chi connectivity index (χ1v) is 8.37. The number of nitrogens with zero attached hydrogens (tertiary/aromatic N) is 3. The Balaban J connectivity index is 1.59. The summed E-state index contributed by atoms with van der Waals surface area (Å²) in [7, 11) is 2.07. The van der Waals surface area contributed by atoms with Crippen LogP contribution in [0.3, 0.4) is 0 Å². The molecule has 1 aliphatic rings. The second kappa shape index (κ2) is 7.83. The molecule has 0 bridgehead atoms. The third kappa shape index (κ3) is 5.33. The molecule has 1 N–H and O–H groups in total. The zero-order valence-corrected chi connectivity index (χ0v) is 14.7. The fourth-order valence-electron chi connectivity index (χ4n) is 2.69. The van der Waals surface area contributed by atoms with E-state index in [2.05, 4.69) is 31.9 Å². The lowest BCUT2D eigenvalue weighted by molar-refractivity contribution is -0.274. The van der Waals surface area contributed by atoms with Gasteiger partial charge in [-0.1, -0.05) is 0 Å². The molecule has 0 saturated carbocycles. The Kier molecular flexibility index (Phi) is 5.50. The smallest absolute Gasteiger partial charge is 0.406 e. The SMILES string of the molecule is CN1CCN(c2ccc(NC(=O)c3ccc(OC(F)(F)F)cc3)cn2)CC1. The first-order valence-electron chi connectivity index (χ1n) is 8.37. The van der Waals surface area contributed by atoms with Gasteiger partial charge in [0.05, 0.1) is 11.9 Å². The van der Waals surface area contributed by atoms with E-state index in [1.807, 2.05) is 6.07 Å². The van der Waals surface area contributed by atoms with E-state index in [1.165, 1.54) is 12.1 Å². The van der Waals surface area contributed by atoms with E-state index >= 15 is 0 Å². The normalized spacial score (nSPS) is 15.5. The first-order chi connectivity index (χ1) is 12.8. The quantitative estimate of drug-likeness (QED) is 0.884. The van der Waals surface area contributed by atoms with Crippen molar-refractivity contribution in [3.8, 4) is 5.75 Å². The number of ether oxygens (including phenoxy) is 1. The Bertz CT molecular complexity index is 771. The molecule has 0 aliphatic carbocycles. The minimum atomic E-state index is -4.76. The number of anilines is 2. The first kappa shape index (κ1) is 19.0. The van der Waals surface area contributed by atoms with Gasteiger partial charge in [0.1, 0.15) is 11.6 Å². The molecule has 1 aromatic carbocycles. The largest absolute Gasteiger partial charge is 0.573 e. The van der Waals surface area contributed by atoms with Crippen LogP contribution in [0, 0.1) is 0 Å². The number of carbonyl (C=O) groups excluding carboxylic acids is 1. The number of hydrogen-bond acceptors (Lipinski definition) is 5. The van der Waals surface area contributed by atoms with Crippen LogP contribution in [0.2, 0.25) is 0 Å². The summed E-state index contributed by atoms with van der Waals surface area (Å²) in [5.74, 6) is 0.0229. The van der Waals surface area contributed by atoms with Crippen molar-refractivity contribution in [1.29, 1.82) is 0 Å². The number of benzene rings is 1. The van der Waals surface area contributed by atoms with Crippen LogP contribution in [0.5, 0.6) is 5.75 Å². The van der Waals surface area contributed by atoms with E-state index in [0.29, 0.717) is 5.69 Å². The molecule has 1 aliphatic heterocycles. The van der Waals surface area contributed by atoms with Gasteiger partial charge in [-0.25, -0.2) is 4.98 Å². The molecule has 1 fully saturated rings. The molecule has 1 aromatic heterocycles. The highest BCUT2D eigenvalue weighted by molar-refractivity contribution is 6.04. The Morgan fingerprint density at radius 2 is 1.74 bits per heavy atom. The molecular weight excluding hydrogens is 361 g/mol. The number of aromatic nitrogens is 1. The third-order valence-electron chi connectivity index (χ3n) is 4.18. The van der Waals surface area contributed by atoms with Crippen LogP contribution in [0.25, 0.3) is 0 Å². The van der Waals surface area contributed by atoms with E-state index in [0.717, 1.165) is 44.1 Å². The van der Waals surface area contributed by atoms with Gasteiger partial charge in [0.15, 0.2) is 0 Å². The summed E-state index contributed by atoms with van der Waals surface area (Å²) in [5, 5.41) is 2.67. The fourth-order valence-corrected chi connectivity index (χ4v) is 2.69. The Labute approximate surface area is 154 Å². The number of hydrogen-bond donors (Lipinski definition) is 1. The molecule has 0 spiro atoms. The third-order valence-corrected chi connectivity index (χ3v) is 4.18. The maximum Gasteiger partial charge on any atom is 0.573 e. The monoisotopic (exact) mass is 380 g/mol. The minimum absolute atomic E-state index is 0.215. The molecular formula is C18H19F3N4O2. The summed E-state index contributed by atoms with van der Waals surface area (Å²) < 4.78 is 40.3. The molecule has 1 saturated heterocycles. The number of piperazine rings is 1. The lowest BCUT2D eigenvalue weighted by Gasteiger charge is -2.33. The van der Waals surface area contributed by atoms with Crippen molar-refractivity contribution in [2.45, 2.75) is 6.36 Å². The average molecular weight is 380 g/mol. The van der Waals surface area contributed by atoms with Crippen molar-refractivity contribution in [1.82, 2.24) is 9.88 Å². The molecule has 27 heavy (non-hydrogen) atoms. The summed E-state index contributed by atoms with van der Waals surface area (Å²) in [5.41, 5.74) is 0.723. The zero-order chi connectivity index (χ0) is 19.4. The second-order valence-corrected chi connectivity index (χ2v) is 6.22. The van der Waals surface area contributed by atoms with Crippen LogP contribution in [-0.4, -0.2) is 55.4 Å². The van der Waals surface area contributed by atoms with Crippen molar-refractivity contribution in [3.05, 3.63) is 48.2 Å². The predicted octanol–water partition coefficient (Wildman–Crippen LogP) is 2.98. The Morgan fingerprint density at radius 3 is 2.30 bits per heavy atom. The van der Waals surface area contributed by atoms with Gasteiger partial charge in [-0.15, -0.1) is 13.2 Å². The summed E-state index contributed by atoms with van der Waals surface area (Å²) in [4.78, 5) is 21.0.